The number of hydrogen-bond acceptors (Lipinski definition) is 5. The molecule has 31 heavy (non-hydrogen) atoms. The zero-order chi connectivity index (χ0) is 22.0. The molecule has 1 saturated carbocycles. The summed E-state index contributed by atoms with van der Waals surface area (Å²) >= 11 is 0. The van der Waals surface area contributed by atoms with Crippen molar-refractivity contribution in [3.05, 3.63) is 53.6 Å². The Bertz CT molecular complexity index is 987. The van der Waals surface area contributed by atoms with Crippen molar-refractivity contribution in [2.75, 3.05) is 23.4 Å². The Balaban J connectivity index is 1.65. The van der Waals surface area contributed by atoms with Crippen LogP contribution in [0.4, 0.5) is 25.0 Å². The number of nitriles is 1. The first-order valence-corrected chi connectivity index (χ1v) is 10.3. The van der Waals surface area contributed by atoms with Gasteiger partial charge in [-0.05, 0) is 55.0 Å². The van der Waals surface area contributed by atoms with Crippen molar-refractivity contribution in [3.8, 4) is 11.8 Å². The number of amides is 1. The van der Waals surface area contributed by atoms with Gasteiger partial charge >= 0.3 is 12.7 Å². The molecule has 1 aliphatic heterocycles. The third kappa shape index (κ3) is 4.55. The number of anilines is 2. The minimum atomic E-state index is -2.90. The molecule has 2 aliphatic rings. The number of rotatable bonds is 7. The fourth-order valence-electron chi connectivity index (χ4n) is 4.06. The van der Waals surface area contributed by atoms with Crippen molar-refractivity contribution >= 4 is 17.5 Å². The molecule has 2 unspecified atom stereocenters. The van der Waals surface area contributed by atoms with E-state index in [9.17, 15) is 18.8 Å². The molecule has 6 nitrogen and oxygen atoms in total. The minimum absolute atomic E-state index is 0.0841. The van der Waals surface area contributed by atoms with Gasteiger partial charge in [0.2, 0.25) is 0 Å². The molecular weight excluding hydrogens is 404 g/mol. The number of halogens is 2. The van der Waals surface area contributed by atoms with E-state index in [1.165, 1.54) is 6.07 Å². The van der Waals surface area contributed by atoms with Crippen LogP contribution in [0.25, 0.3) is 0 Å². The molecule has 8 heteroatoms. The van der Waals surface area contributed by atoms with Crippen LogP contribution >= 0.6 is 0 Å². The van der Waals surface area contributed by atoms with E-state index in [1.54, 1.807) is 31.2 Å². The van der Waals surface area contributed by atoms with E-state index in [0.717, 1.165) is 36.2 Å². The molecule has 162 valence electrons. The van der Waals surface area contributed by atoms with Gasteiger partial charge in [0.1, 0.15) is 5.75 Å². The van der Waals surface area contributed by atoms with Gasteiger partial charge in [-0.15, -0.1) is 0 Å². The molecule has 0 spiro atoms. The van der Waals surface area contributed by atoms with Crippen LogP contribution in [0.1, 0.15) is 42.9 Å². The lowest BCUT2D eigenvalue weighted by Gasteiger charge is -2.29. The number of fused-ring (bicyclic) bond motifs is 1. The molecule has 1 fully saturated rings. The Morgan fingerprint density at radius 2 is 2.00 bits per heavy atom. The van der Waals surface area contributed by atoms with E-state index < -0.39 is 18.6 Å². The molecule has 1 N–H and O–H groups in total. The Labute approximate surface area is 179 Å². The number of carbonyl (C=O) groups is 1. The van der Waals surface area contributed by atoms with Crippen molar-refractivity contribution in [2.45, 2.75) is 38.3 Å². The summed E-state index contributed by atoms with van der Waals surface area (Å²) in [5.74, 6) is 0.163. The van der Waals surface area contributed by atoms with Crippen LogP contribution in [0.3, 0.4) is 0 Å². The van der Waals surface area contributed by atoms with Crippen molar-refractivity contribution in [1.82, 2.24) is 0 Å². The highest BCUT2D eigenvalue weighted by molar-refractivity contribution is 5.84. The van der Waals surface area contributed by atoms with E-state index in [4.69, 9.17) is 4.74 Å². The molecule has 0 aromatic heterocycles. The maximum Gasteiger partial charge on any atom is 0.411 e. The smallest absolute Gasteiger partial charge is 0.411 e. The highest BCUT2D eigenvalue weighted by atomic mass is 19.3. The van der Waals surface area contributed by atoms with Crippen LogP contribution in [-0.4, -0.2) is 25.9 Å². The molecule has 2 aromatic rings. The molecule has 4 rings (SSSR count). The highest BCUT2D eigenvalue weighted by Crippen LogP contribution is 2.51. The monoisotopic (exact) mass is 427 g/mol. The van der Waals surface area contributed by atoms with Gasteiger partial charge in [0.05, 0.1) is 24.6 Å². The minimum Gasteiger partial charge on any atom is -0.450 e. The number of ether oxygens (including phenoxy) is 2. The van der Waals surface area contributed by atoms with Crippen LogP contribution in [0.15, 0.2) is 42.5 Å². The topological polar surface area (TPSA) is 74.6 Å². The lowest BCUT2D eigenvalue weighted by molar-refractivity contribution is -0.0498. The van der Waals surface area contributed by atoms with E-state index in [0.29, 0.717) is 11.6 Å². The van der Waals surface area contributed by atoms with Crippen molar-refractivity contribution in [2.24, 2.45) is 5.92 Å². The zero-order valence-corrected chi connectivity index (χ0v) is 17.1. The molecule has 0 saturated heterocycles. The van der Waals surface area contributed by atoms with Crippen LogP contribution in [0.5, 0.6) is 5.75 Å². The van der Waals surface area contributed by atoms with Gasteiger partial charge in [-0.1, -0.05) is 18.2 Å². The van der Waals surface area contributed by atoms with Gasteiger partial charge in [-0.25, -0.2) is 4.79 Å². The maximum absolute atomic E-state index is 12.7. The summed E-state index contributed by atoms with van der Waals surface area (Å²) in [6, 6.07) is 14.2. The SMILES string of the molecule is CCOC(=O)Nc1ccc(C2C(C#N)c3ccc(OC(F)F)cc3N2CC2CC2)cc1. The Hall–Kier alpha value is -3.34. The number of nitrogens with one attached hydrogen (secondary N) is 1. The fourth-order valence-corrected chi connectivity index (χ4v) is 4.06. The third-order valence-corrected chi connectivity index (χ3v) is 5.59. The van der Waals surface area contributed by atoms with Gasteiger partial charge in [-0.3, -0.25) is 5.32 Å². The second-order valence-corrected chi connectivity index (χ2v) is 7.71. The van der Waals surface area contributed by atoms with Gasteiger partial charge in [0.25, 0.3) is 0 Å². The molecule has 2 aromatic carbocycles. The van der Waals surface area contributed by atoms with Gasteiger partial charge < -0.3 is 14.4 Å². The quantitative estimate of drug-likeness (QED) is 0.637. The number of nitrogens with zero attached hydrogens (tertiary/aromatic N) is 2. The normalized spacial score (nSPS) is 19.6. The zero-order valence-electron chi connectivity index (χ0n) is 17.1. The third-order valence-electron chi connectivity index (χ3n) is 5.59. The first-order chi connectivity index (χ1) is 15.0. The summed E-state index contributed by atoms with van der Waals surface area (Å²) in [4.78, 5) is 13.8. The molecule has 2 atom stereocenters. The van der Waals surface area contributed by atoms with E-state index in [1.807, 2.05) is 12.1 Å². The van der Waals surface area contributed by atoms with Crippen LogP contribution in [0.2, 0.25) is 0 Å². The lowest BCUT2D eigenvalue weighted by Crippen LogP contribution is -2.28. The van der Waals surface area contributed by atoms with Gasteiger partial charge in [0.15, 0.2) is 0 Å². The van der Waals surface area contributed by atoms with Crippen LogP contribution in [0, 0.1) is 17.2 Å². The Morgan fingerprint density at radius 3 is 2.61 bits per heavy atom. The number of alkyl halides is 2. The van der Waals surface area contributed by atoms with E-state index in [2.05, 4.69) is 21.0 Å². The largest absolute Gasteiger partial charge is 0.450 e. The standard InChI is InChI=1S/C23H23F2N3O3/c1-2-30-23(29)27-16-7-5-15(6-8-16)21-19(12-26)18-10-9-17(31-22(24)25)11-20(18)28(21)13-14-3-4-14/h5-11,14,19,21-22H,2-4,13H2,1H3,(H,27,29). The lowest BCUT2D eigenvalue weighted by atomic mass is 9.91. The van der Waals surface area contributed by atoms with Gasteiger partial charge in [0, 0.05) is 24.0 Å². The van der Waals surface area contributed by atoms with Gasteiger partial charge in [-0.2, -0.15) is 14.0 Å². The molecule has 0 radical (unpaired) electrons. The predicted molar refractivity (Wildman–Crippen MR) is 111 cm³/mol. The first kappa shape index (κ1) is 20.9. The van der Waals surface area contributed by atoms with Crippen LogP contribution < -0.4 is 15.0 Å². The fraction of sp³-hybridized carbons (Fsp3) is 0.391. The van der Waals surface area contributed by atoms with E-state index >= 15 is 0 Å². The molecule has 0 bridgehead atoms. The van der Waals surface area contributed by atoms with Crippen molar-refractivity contribution in [3.63, 3.8) is 0 Å². The second kappa shape index (κ2) is 8.80. The molecule has 1 heterocycles. The predicted octanol–water partition coefficient (Wildman–Crippen LogP) is 5.43. The molecule has 1 aliphatic carbocycles. The first-order valence-electron chi connectivity index (χ1n) is 10.3. The average Bonchev–Trinajstić information content (AvgIpc) is 3.50. The summed E-state index contributed by atoms with van der Waals surface area (Å²) in [6.45, 7) is -0.147. The molecular formula is C23H23F2N3O3. The summed E-state index contributed by atoms with van der Waals surface area (Å²) in [5.41, 5.74) is 3.07. The maximum atomic E-state index is 12.7. The summed E-state index contributed by atoms with van der Waals surface area (Å²) in [7, 11) is 0. The number of hydrogen-bond donors (Lipinski definition) is 1. The summed E-state index contributed by atoms with van der Waals surface area (Å²) < 4.78 is 34.9. The van der Waals surface area contributed by atoms with Crippen molar-refractivity contribution < 1.29 is 23.0 Å². The van der Waals surface area contributed by atoms with Crippen molar-refractivity contribution in [1.29, 1.82) is 5.26 Å². The van der Waals surface area contributed by atoms with Crippen LogP contribution in [-0.2, 0) is 4.74 Å². The molecule has 1 amide bonds. The second-order valence-electron chi connectivity index (χ2n) is 7.71. The van der Waals surface area contributed by atoms with E-state index in [-0.39, 0.29) is 18.4 Å². The number of benzene rings is 2. The summed E-state index contributed by atoms with van der Waals surface area (Å²) in [5, 5.41) is 12.6. The summed E-state index contributed by atoms with van der Waals surface area (Å²) in [6.07, 6.45) is 1.71. The Morgan fingerprint density at radius 1 is 1.26 bits per heavy atom. The number of carbonyl (C=O) groups excluding carboxylic acids is 1. The average molecular weight is 427 g/mol. The highest BCUT2D eigenvalue weighted by Gasteiger charge is 2.42. The Kier molecular flexibility index (Phi) is 5.94.